The topological polar surface area (TPSA) is 20.5 Å². The maximum Gasteiger partial charge on any atom is -1.00 e. The summed E-state index contributed by atoms with van der Waals surface area (Å²) in [5.41, 5.74) is 2.38. The maximum absolute atomic E-state index is 5.89. The molecule has 3 aromatic rings. The van der Waals surface area contributed by atoms with Crippen LogP contribution in [0, 0.1) is 0 Å². The summed E-state index contributed by atoms with van der Waals surface area (Å²) in [5, 5.41) is 0. The molecule has 0 saturated carbocycles. The molecule has 0 unspecified atom stereocenters. The molecule has 0 aliphatic heterocycles. The fraction of sp³-hybridized carbons (Fsp3) is 0.0625. The van der Waals surface area contributed by atoms with Gasteiger partial charge in [-0.25, -0.2) is 0 Å². The number of methoxy groups -OCH3 is 1. The molecule has 0 amide bonds. The van der Waals surface area contributed by atoms with Crippen molar-refractivity contribution < 1.29 is 19.9 Å². The molecule has 2 nitrogen and oxygen atoms in total. The summed E-state index contributed by atoms with van der Waals surface area (Å²) < 4.78 is 12.4. The minimum absolute atomic E-state index is 0. The first-order valence-electron chi connectivity index (χ1n) is 6.00. The fourth-order valence-electron chi connectivity index (χ4n) is 1.88. The Balaban J connectivity index is 0.00000147. The van der Waals surface area contributed by atoms with Crippen LogP contribution >= 0.6 is 0 Å². The van der Waals surface area contributed by atoms with E-state index < -0.39 is 20.9 Å². The second-order valence-corrected chi connectivity index (χ2v) is 6.34. The molecule has 0 bridgehead atoms. The van der Waals surface area contributed by atoms with E-state index in [-0.39, 0.29) is 12.4 Å². The van der Waals surface area contributed by atoms with E-state index in [9.17, 15) is 0 Å². The average molecular weight is 400 g/mol. The Labute approximate surface area is 134 Å². The van der Waals surface area contributed by atoms with Crippen LogP contribution in [0.3, 0.4) is 0 Å². The van der Waals surface area contributed by atoms with Gasteiger partial charge in [-0.05, 0) is 0 Å². The van der Waals surface area contributed by atoms with Crippen molar-refractivity contribution in [3.63, 3.8) is 0 Å². The second kappa shape index (κ2) is 6.95. The van der Waals surface area contributed by atoms with Crippen molar-refractivity contribution in [1.82, 2.24) is 0 Å². The quantitative estimate of drug-likeness (QED) is 0.483. The van der Waals surface area contributed by atoms with E-state index >= 15 is 0 Å². The van der Waals surface area contributed by atoms with Gasteiger partial charge in [-0.15, -0.1) is 0 Å². The van der Waals surface area contributed by atoms with E-state index in [0.717, 1.165) is 17.1 Å². The van der Waals surface area contributed by atoms with Crippen molar-refractivity contribution in [3.05, 3.63) is 60.7 Å². The Morgan fingerprint density at radius 3 is 2.25 bits per heavy atom. The molecule has 0 N–H and O–H groups in total. The molecule has 0 atom stereocenters. The largest absolute Gasteiger partial charge is 1.00 e. The van der Waals surface area contributed by atoms with Crippen LogP contribution in [-0.2, 0) is 0 Å². The number of benzene rings is 2. The zero-order valence-electron chi connectivity index (χ0n) is 10.9. The van der Waals surface area contributed by atoms with Gasteiger partial charge in [0.15, 0.2) is 0 Å². The Hall–Kier alpha value is -1.27. The third-order valence-electron chi connectivity index (χ3n) is 2.92. The van der Waals surface area contributed by atoms with Gasteiger partial charge in [0.05, 0.1) is 0 Å². The third kappa shape index (κ3) is 3.24. The number of ether oxygens (including phenoxy) is 1. The van der Waals surface area contributed by atoms with Crippen LogP contribution in [0.2, 0.25) is 0 Å². The van der Waals surface area contributed by atoms with Crippen molar-refractivity contribution in [2.75, 3.05) is 7.11 Å². The Morgan fingerprint density at radius 2 is 1.60 bits per heavy atom. The van der Waals surface area contributed by atoms with Crippen molar-refractivity contribution in [1.29, 1.82) is 0 Å². The maximum atomic E-state index is 5.89. The molecule has 1 heterocycles. The fourth-order valence-corrected chi connectivity index (χ4v) is 3.91. The molecule has 0 aliphatic carbocycles. The van der Waals surface area contributed by atoms with Crippen molar-refractivity contribution in [2.24, 2.45) is 0 Å². The molecule has 0 radical (unpaired) electrons. The minimum atomic E-state index is -0.572. The van der Waals surface area contributed by atoms with Crippen LogP contribution in [0.25, 0.3) is 20.5 Å². The van der Waals surface area contributed by atoms with Gasteiger partial charge in [0, 0.05) is 0 Å². The molecule has 1 aromatic heterocycles. The van der Waals surface area contributed by atoms with Crippen molar-refractivity contribution >= 4 is 20.9 Å². The second-order valence-electron chi connectivity index (χ2n) is 4.13. The van der Waals surface area contributed by atoms with E-state index in [1.807, 2.05) is 30.3 Å². The van der Waals surface area contributed by atoms with Crippen LogP contribution in [0.4, 0.5) is 0 Å². The first-order valence-corrected chi connectivity index (χ1v) is 8.11. The summed E-state index contributed by atoms with van der Waals surface area (Å²) in [6.07, 6.45) is 0. The molecule has 0 spiro atoms. The van der Waals surface area contributed by atoms with E-state index in [2.05, 4.69) is 30.3 Å². The third-order valence-corrected chi connectivity index (χ3v) is 5.19. The molecule has 4 heteroatoms. The van der Waals surface area contributed by atoms with Crippen molar-refractivity contribution in [3.8, 4) is 26.2 Å². The zero-order valence-corrected chi connectivity index (χ0v) is 14.0. The van der Waals surface area contributed by atoms with E-state index in [1.54, 1.807) is 7.11 Å². The number of hydrogen-bond acceptors (Lipinski definition) is 1. The average Bonchev–Trinajstić information content (AvgIpc) is 2.98. The molecule has 0 saturated heterocycles. The molecule has 20 heavy (non-hydrogen) atoms. The van der Waals surface area contributed by atoms with Crippen LogP contribution < -0.4 is 17.1 Å². The molecule has 0 aliphatic rings. The normalized spacial score (nSPS) is 9.85. The van der Waals surface area contributed by atoms with Gasteiger partial charge in [0.2, 0.25) is 0 Å². The standard InChI is InChI=1S/C16H13O2Te.ClH/c1-17-14-9-7-12(8-10-14)15-11-16(19-18-15)13-5-3-2-4-6-13;/h2-11H,1H3;1H/q+1;/p-1. The molecular formula is C16H13ClO2Te. The zero-order chi connectivity index (χ0) is 13.1. The Morgan fingerprint density at radius 1 is 0.900 bits per heavy atom. The Bertz CT molecular complexity index is 662. The van der Waals surface area contributed by atoms with Gasteiger partial charge in [-0.1, -0.05) is 0 Å². The summed E-state index contributed by atoms with van der Waals surface area (Å²) in [7, 11) is 1.67. The summed E-state index contributed by atoms with van der Waals surface area (Å²) in [6.45, 7) is 0. The van der Waals surface area contributed by atoms with Crippen LogP contribution in [0.1, 0.15) is 0 Å². The van der Waals surface area contributed by atoms with Crippen molar-refractivity contribution in [2.45, 2.75) is 0 Å². The van der Waals surface area contributed by atoms with Gasteiger partial charge < -0.3 is 12.4 Å². The predicted octanol–water partition coefficient (Wildman–Crippen LogP) is 0.964. The van der Waals surface area contributed by atoms with Gasteiger partial charge in [0.1, 0.15) is 0 Å². The monoisotopic (exact) mass is 402 g/mol. The number of hydrogen-bond donors (Lipinski definition) is 0. The summed E-state index contributed by atoms with van der Waals surface area (Å²) in [6, 6.07) is 20.6. The minimum Gasteiger partial charge on any atom is -1.00 e. The molecule has 3 rings (SSSR count). The van der Waals surface area contributed by atoms with Gasteiger partial charge >= 0.3 is 122 Å². The van der Waals surface area contributed by atoms with Gasteiger partial charge in [0.25, 0.3) is 0 Å². The van der Waals surface area contributed by atoms with Crippen LogP contribution in [0.5, 0.6) is 5.75 Å². The van der Waals surface area contributed by atoms with Crippen LogP contribution in [0.15, 0.2) is 63.4 Å². The SMILES string of the molecule is COc1ccc(-c2cc(-c3ccccc3)[te][o+]2)cc1.[Cl-]. The van der Waals surface area contributed by atoms with Gasteiger partial charge in [-0.2, -0.15) is 0 Å². The van der Waals surface area contributed by atoms with E-state index in [0.29, 0.717) is 0 Å². The van der Waals surface area contributed by atoms with Gasteiger partial charge in [-0.3, -0.25) is 0 Å². The summed E-state index contributed by atoms with van der Waals surface area (Å²) >= 11 is -0.572. The Kier molecular flexibility index (Phi) is 5.25. The summed E-state index contributed by atoms with van der Waals surface area (Å²) in [5.74, 6) is 1.84. The molecule has 2 aromatic carbocycles. The van der Waals surface area contributed by atoms with E-state index in [1.165, 1.54) is 9.14 Å². The van der Waals surface area contributed by atoms with E-state index in [4.69, 9.17) is 7.49 Å². The molecule has 102 valence electrons. The van der Waals surface area contributed by atoms with Crippen LogP contribution in [-0.4, -0.2) is 28.0 Å². The summed E-state index contributed by atoms with van der Waals surface area (Å²) in [4.78, 5) is 0. The first kappa shape index (κ1) is 15.1. The first-order chi connectivity index (χ1) is 9.36. The molecule has 0 fully saturated rings. The number of halogens is 1. The predicted molar refractivity (Wildman–Crippen MR) is 77.5 cm³/mol. The smallest absolute Gasteiger partial charge is 1.00 e. The number of rotatable bonds is 3. The molecular weight excluding hydrogens is 387 g/mol.